The molecule has 1 aliphatic heterocycles. The molecule has 7 heteroatoms. The third kappa shape index (κ3) is 5.13. The van der Waals surface area contributed by atoms with Crippen LogP contribution < -0.4 is 4.74 Å². The summed E-state index contributed by atoms with van der Waals surface area (Å²) in [5.41, 5.74) is 5.45. The molecule has 0 amide bonds. The molecule has 6 rings (SSSR count). The van der Waals surface area contributed by atoms with Crippen molar-refractivity contribution >= 4 is 16.6 Å². The number of benzene rings is 1. The molecule has 0 atom stereocenters. The lowest BCUT2D eigenvalue weighted by Gasteiger charge is -2.32. The number of aryl methyl sites for hydroxylation is 1. The van der Waals surface area contributed by atoms with Crippen molar-refractivity contribution in [3.63, 3.8) is 0 Å². The van der Waals surface area contributed by atoms with Crippen LogP contribution in [0.1, 0.15) is 49.1 Å². The van der Waals surface area contributed by atoms with Crippen molar-refractivity contribution in [2.45, 2.75) is 51.6 Å². The Bertz CT molecular complexity index is 1310. The van der Waals surface area contributed by atoms with Crippen molar-refractivity contribution in [3.8, 4) is 5.75 Å². The second-order valence-electron chi connectivity index (χ2n) is 11.0. The molecule has 0 radical (unpaired) electrons. The fraction of sp³-hybridized carbons (Fsp3) is 0.517. The van der Waals surface area contributed by atoms with E-state index in [1.165, 1.54) is 31.4 Å². The zero-order chi connectivity index (χ0) is 24.5. The highest BCUT2D eigenvalue weighted by Crippen LogP contribution is 2.35. The van der Waals surface area contributed by atoms with Gasteiger partial charge in [-0.25, -0.2) is 4.98 Å². The van der Waals surface area contributed by atoms with Crippen LogP contribution in [0, 0.1) is 11.8 Å². The molecule has 0 bridgehead atoms. The molecule has 7 nitrogen and oxygen atoms in total. The van der Waals surface area contributed by atoms with Gasteiger partial charge in [-0.3, -0.25) is 4.90 Å². The van der Waals surface area contributed by atoms with Gasteiger partial charge in [-0.05, 0) is 102 Å². The second-order valence-corrected chi connectivity index (χ2v) is 11.0. The Labute approximate surface area is 213 Å². The summed E-state index contributed by atoms with van der Waals surface area (Å²) in [4.78, 5) is 9.16. The molecular formula is C29H37N5O2. The largest absolute Gasteiger partial charge is 0.493 e. The number of ether oxygens (including phenoxy) is 1. The van der Waals surface area contributed by atoms with Crippen LogP contribution in [0.25, 0.3) is 16.6 Å². The van der Waals surface area contributed by atoms with E-state index in [0.717, 1.165) is 91.1 Å². The number of rotatable bonds is 10. The summed E-state index contributed by atoms with van der Waals surface area (Å²) >= 11 is 0. The van der Waals surface area contributed by atoms with Crippen LogP contribution in [-0.4, -0.2) is 58.1 Å². The van der Waals surface area contributed by atoms with E-state index in [9.17, 15) is 0 Å². The van der Waals surface area contributed by atoms with E-state index in [0.29, 0.717) is 0 Å². The van der Waals surface area contributed by atoms with Crippen LogP contribution in [-0.2, 0) is 19.5 Å². The number of pyridine rings is 1. The van der Waals surface area contributed by atoms with Crippen LogP contribution in [0.3, 0.4) is 0 Å². The third-order valence-corrected chi connectivity index (χ3v) is 7.82. The summed E-state index contributed by atoms with van der Waals surface area (Å²) in [6.07, 6.45) is 11.1. The van der Waals surface area contributed by atoms with Gasteiger partial charge >= 0.3 is 0 Å². The molecule has 3 aromatic heterocycles. The third-order valence-electron chi connectivity index (χ3n) is 7.82. The van der Waals surface area contributed by atoms with Gasteiger partial charge in [0.15, 0.2) is 5.58 Å². The Balaban J connectivity index is 1.07. The molecule has 1 aliphatic carbocycles. The number of imidazole rings is 1. The lowest BCUT2D eigenvalue weighted by atomic mass is 9.91. The molecule has 36 heavy (non-hydrogen) atoms. The van der Waals surface area contributed by atoms with Gasteiger partial charge in [0.25, 0.3) is 0 Å². The number of hydrogen-bond acceptors (Lipinski definition) is 6. The van der Waals surface area contributed by atoms with E-state index in [1.54, 1.807) is 0 Å². The van der Waals surface area contributed by atoms with Crippen molar-refractivity contribution in [1.29, 1.82) is 0 Å². The smallest absolute Gasteiger partial charge is 0.175 e. The first kappa shape index (κ1) is 23.5. The number of aromatic nitrogens is 3. The first-order valence-electron chi connectivity index (χ1n) is 13.4. The minimum Gasteiger partial charge on any atom is -0.493 e. The zero-order valence-corrected chi connectivity index (χ0v) is 21.5. The maximum absolute atomic E-state index is 6.18. The van der Waals surface area contributed by atoms with Crippen LogP contribution in [0.4, 0.5) is 0 Å². The van der Waals surface area contributed by atoms with E-state index in [-0.39, 0.29) is 0 Å². The summed E-state index contributed by atoms with van der Waals surface area (Å²) in [5.74, 6) is 2.41. The molecule has 0 unspecified atom stereocenters. The fourth-order valence-electron chi connectivity index (χ4n) is 5.50. The van der Waals surface area contributed by atoms with E-state index in [4.69, 9.17) is 9.26 Å². The number of hydrogen-bond donors (Lipinski definition) is 0. The number of likely N-dealkylation sites (tertiary alicyclic amines) is 1. The minimum absolute atomic E-state index is 0.726. The van der Waals surface area contributed by atoms with Crippen LogP contribution >= 0.6 is 0 Å². The topological polar surface area (TPSA) is 59.0 Å². The molecule has 1 saturated heterocycles. The average molecular weight is 488 g/mol. The predicted octanol–water partition coefficient (Wildman–Crippen LogP) is 5.17. The van der Waals surface area contributed by atoms with Crippen molar-refractivity contribution in [2.75, 3.05) is 33.8 Å². The van der Waals surface area contributed by atoms with Crippen molar-refractivity contribution in [2.24, 2.45) is 11.8 Å². The van der Waals surface area contributed by atoms with Gasteiger partial charge in [0.2, 0.25) is 0 Å². The molecule has 4 heterocycles. The van der Waals surface area contributed by atoms with Crippen molar-refractivity contribution in [3.05, 3.63) is 59.7 Å². The molecule has 190 valence electrons. The maximum Gasteiger partial charge on any atom is 0.175 e. The van der Waals surface area contributed by atoms with Gasteiger partial charge in [-0.1, -0.05) is 11.2 Å². The average Bonchev–Trinajstić information content (AvgIpc) is 3.41. The number of nitrogens with zero attached hydrogens (tertiary/aromatic N) is 5. The predicted molar refractivity (Wildman–Crippen MR) is 141 cm³/mol. The van der Waals surface area contributed by atoms with E-state index in [2.05, 4.69) is 75.0 Å². The highest BCUT2D eigenvalue weighted by atomic mass is 16.5. The summed E-state index contributed by atoms with van der Waals surface area (Å²) < 4.78 is 14.3. The van der Waals surface area contributed by atoms with Gasteiger partial charge in [-0.2, -0.15) is 0 Å². The molecular weight excluding hydrogens is 450 g/mol. The molecule has 1 aromatic carbocycles. The Morgan fingerprint density at radius 1 is 1.06 bits per heavy atom. The first-order chi connectivity index (χ1) is 17.6. The van der Waals surface area contributed by atoms with E-state index in [1.807, 2.05) is 6.20 Å². The van der Waals surface area contributed by atoms with Crippen LogP contribution in [0.15, 0.2) is 47.2 Å². The monoisotopic (exact) mass is 487 g/mol. The van der Waals surface area contributed by atoms with Gasteiger partial charge in [0.1, 0.15) is 11.4 Å². The van der Waals surface area contributed by atoms with Gasteiger partial charge in [0.05, 0.1) is 17.9 Å². The molecule has 0 spiro atoms. The zero-order valence-electron chi connectivity index (χ0n) is 21.5. The summed E-state index contributed by atoms with van der Waals surface area (Å²) in [6, 6.07) is 10.7. The molecule has 1 saturated carbocycles. The first-order valence-corrected chi connectivity index (χ1v) is 13.4. The van der Waals surface area contributed by atoms with Crippen molar-refractivity contribution in [1.82, 2.24) is 24.3 Å². The highest BCUT2D eigenvalue weighted by molar-refractivity contribution is 5.84. The lowest BCUT2D eigenvalue weighted by molar-refractivity contribution is 0.170. The minimum atomic E-state index is 0.726. The van der Waals surface area contributed by atoms with Crippen LogP contribution in [0.5, 0.6) is 5.75 Å². The standard InChI is InChI=1S/C29H37N5O2/c1-32(2)19-25-27(35-20-22-6-7-22)11-9-24-26(31-36-29(24)25)10-8-21-12-15-33(16-13-21)18-23-4-3-5-28-30-14-17-34(23)28/h3-5,9,11,14,17,21-22H,6-8,10,12-13,15-16,18-20H2,1-2H3. The Morgan fingerprint density at radius 3 is 2.72 bits per heavy atom. The maximum atomic E-state index is 6.18. The second kappa shape index (κ2) is 10.2. The van der Waals surface area contributed by atoms with Crippen LogP contribution in [0.2, 0.25) is 0 Å². The Hall–Kier alpha value is -2.90. The van der Waals surface area contributed by atoms with Gasteiger partial charge in [0, 0.05) is 36.6 Å². The van der Waals surface area contributed by atoms with E-state index < -0.39 is 0 Å². The summed E-state index contributed by atoms with van der Waals surface area (Å²) in [7, 11) is 4.17. The quantitative estimate of drug-likeness (QED) is 0.308. The summed E-state index contributed by atoms with van der Waals surface area (Å²) in [6.45, 7) is 4.86. The molecule has 2 fully saturated rings. The fourth-order valence-corrected chi connectivity index (χ4v) is 5.50. The Kier molecular flexibility index (Phi) is 6.67. The van der Waals surface area contributed by atoms with Gasteiger partial charge in [-0.15, -0.1) is 0 Å². The normalized spacial score (nSPS) is 17.5. The SMILES string of the molecule is CN(C)Cc1c(OCC2CC2)ccc2c(CCC3CCN(Cc4cccc5nccn45)CC3)noc12. The van der Waals surface area contributed by atoms with E-state index >= 15 is 0 Å². The van der Waals surface area contributed by atoms with Crippen molar-refractivity contribution < 1.29 is 9.26 Å². The number of piperidine rings is 1. The summed E-state index contributed by atoms with van der Waals surface area (Å²) in [5, 5.41) is 5.67. The highest BCUT2D eigenvalue weighted by Gasteiger charge is 2.25. The lowest BCUT2D eigenvalue weighted by Crippen LogP contribution is -2.33. The molecule has 0 N–H and O–H groups in total. The number of fused-ring (bicyclic) bond motifs is 2. The Morgan fingerprint density at radius 2 is 1.92 bits per heavy atom. The molecule has 2 aliphatic rings. The van der Waals surface area contributed by atoms with Gasteiger partial charge < -0.3 is 18.6 Å². The molecule has 4 aromatic rings.